The van der Waals surface area contributed by atoms with Crippen molar-refractivity contribution in [3.05, 3.63) is 59.7 Å². The molecule has 2 spiro atoms. The normalized spacial score (nSPS) is 44.3. The van der Waals surface area contributed by atoms with E-state index in [2.05, 4.69) is 10.6 Å². The second-order valence-corrected chi connectivity index (χ2v) is 24.2. The van der Waals surface area contributed by atoms with E-state index in [9.17, 15) is 30.0 Å². The SMILES string of the molecule is CN1C(=O)[C@]23SSS[C@]1(CO)C(=O)N2[C@H]1Nc2ccccc2C1(C12c4ccccc4N[C@H]1N1C(=O)[C@@]4(CO)SSSS[C@]1(C(=O)N4C)[C@H]2O)[C@@H]3O. The summed E-state index contributed by atoms with van der Waals surface area (Å²) in [6.07, 6.45) is -5.94. The summed E-state index contributed by atoms with van der Waals surface area (Å²) in [5.41, 5.74) is -1.58. The summed E-state index contributed by atoms with van der Waals surface area (Å²) in [6.45, 7) is -1.39. The molecule has 0 aliphatic carbocycles. The van der Waals surface area contributed by atoms with E-state index in [0.717, 1.165) is 53.0 Å². The third kappa shape index (κ3) is 3.17. The standard InChI is InChI=1S/C30H28N6O8S7/c1-33-23(43)29-17(39)27(13-7-3-5-9-15(13)31-19(27)35(29)21(41)25(33,11-37)45-49-47-29)28-14-8-4-6-10-16(14)32-20(28)36-22(42)26(12-38)34(2)24(44)30(36,18(28)40)48-51-50-46-26/h3-10,17-20,31-32,37-40H,11-12H2,1-2H3/t17-,18-,19+,20-,25+,26+,27?,28?,29-,30-/m0/s1. The minimum absolute atomic E-state index is 0.489. The fraction of sp³-hybridized carbons (Fsp3) is 0.467. The van der Waals surface area contributed by atoms with Crippen molar-refractivity contribution in [1.29, 1.82) is 0 Å². The Kier molecular flexibility index (Phi) is 6.94. The molecule has 6 N–H and O–H groups in total. The molecule has 51 heavy (non-hydrogen) atoms. The summed E-state index contributed by atoms with van der Waals surface area (Å²) in [4.78, 5) is 57.8. The molecule has 2 aromatic carbocycles. The van der Waals surface area contributed by atoms with Gasteiger partial charge in [0.2, 0.25) is 19.5 Å². The zero-order valence-electron chi connectivity index (χ0n) is 26.4. The summed E-state index contributed by atoms with van der Waals surface area (Å²) in [5.74, 6) is -2.42. The summed E-state index contributed by atoms with van der Waals surface area (Å²) in [7, 11) is 10.6. The fourth-order valence-corrected chi connectivity index (χ4v) is 23.5. The van der Waals surface area contributed by atoms with Gasteiger partial charge in [-0.3, -0.25) is 29.0 Å². The van der Waals surface area contributed by atoms with Crippen LogP contribution in [0, 0.1) is 0 Å². The van der Waals surface area contributed by atoms with Gasteiger partial charge in [-0.2, -0.15) is 0 Å². The van der Waals surface area contributed by atoms with Crippen molar-refractivity contribution < 1.29 is 39.6 Å². The first-order valence-corrected chi connectivity index (χ1v) is 24.0. The molecule has 4 bridgehead atoms. The Bertz CT molecular complexity index is 2010. The largest absolute Gasteiger partial charge is 0.392 e. The number of hydrogen-bond acceptors (Lipinski definition) is 17. The molecule has 10 heterocycles. The monoisotopic (exact) mass is 824 g/mol. The highest BCUT2D eigenvalue weighted by atomic mass is 33.7. The molecule has 0 saturated carbocycles. The van der Waals surface area contributed by atoms with Gasteiger partial charge in [-0.05, 0) is 95.9 Å². The molecule has 8 fully saturated rings. The molecule has 4 amide bonds. The van der Waals surface area contributed by atoms with Crippen LogP contribution in [-0.4, -0.2) is 135 Å². The molecule has 2 unspecified atom stereocenters. The number of amides is 4. The number of hydrogen-bond donors (Lipinski definition) is 6. The quantitative estimate of drug-likeness (QED) is 0.243. The van der Waals surface area contributed by atoms with E-state index in [0.29, 0.717) is 22.5 Å². The number of piperazine rings is 2. The van der Waals surface area contributed by atoms with Crippen molar-refractivity contribution in [3.8, 4) is 0 Å². The van der Waals surface area contributed by atoms with Crippen molar-refractivity contribution in [2.24, 2.45) is 0 Å². The molecule has 0 radical (unpaired) electrons. The lowest BCUT2D eigenvalue weighted by Gasteiger charge is -2.54. The number of rotatable bonds is 3. The average molecular weight is 825 g/mol. The van der Waals surface area contributed by atoms with Gasteiger partial charge in [0.25, 0.3) is 23.6 Å². The van der Waals surface area contributed by atoms with Gasteiger partial charge in [0, 0.05) is 25.5 Å². The Balaban J connectivity index is 1.35. The minimum atomic E-state index is -1.98. The molecule has 8 saturated heterocycles. The van der Waals surface area contributed by atoms with Gasteiger partial charge >= 0.3 is 0 Å². The van der Waals surface area contributed by atoms with Crippen molar-refractivity contribution in [3.63, 3.8) is 0 Å². The maximum Gasteiger partial charge on any atom is 0.265 e. The number of fused-ring (bicyclic) bond motifs is 14. The lowest BCUT2D eigenvalue weighted by molar-refractivity contribution is -0.168. The smallest absolute Gasteiger partial charge is 0.265 e. The minimum Gasteiger partial charge on any atom is -0.392 e. The van der Waals surface area contributed by atoms with Gasteiger partial charge < -0.3 is 40.9 Å². The predicted octanol–water partition coefficient (Wildman–Crippen LogP) is 1.22. The zero-order valence-corrected chi connectivity index (χ0v) is 32.1. The van der Waals surface area contributed by atoms with Crippen LogP contribution in [-0.2, 0) is 30.0 Å². The van der Waals surface area contributed by atoms with Crippen LogP contribution in [0.25, 0.3) is 0 Å². The molecular formula is C30H28N6O8S7. The lowest BCUT2D eigenvalue weighted by Crippen LogP contribution is -2.76. The number of carbonyl (C=O) groups is 4. The molecular weight excluding hydrogens is 797 g/mol. The van der Waals surface area contributed by atoms with Crippen LogP contribution in [0.2, 0.25) is 0 Å². The number of nitrogens with zero attached hydrogens (tertiary/aromatic N) is 4. The van der Waals surface area contributed by atoms with Crippen molar-refractivity contribution in [2.75, 3.05) is 37.9 Å². The van der Waals surface area contributed by atoms with Crippen molar-refractivity contribution in [1.82, 2.24) is 19.6 Å². The highest BCUT2D eigenvalue weighted by molar-refractivity contribution is 9.26. The van der Waals surface area contributed by atoms with Gasteiger partial charge in [-0.25, -0.2) is 0 Å². The number of carbonyl (C=O) groups excluding carboxylic acids is 4. The highest BCUT2D eigenvalue weighted by Gasteiger charge is 2.92. The van der Waals surface area contributed by atoms with Crippen LogP contribution in [0.5, 0.6) is 0 Å². The molecule has 14 nitrogen and oxygen atoms in total. The van der Waals surface area contributed by atoms with E-state index in [1.807, 2.05) is 0 Å². The van der Waals surface area contributed by atoms with Crippen molar-refractivity contribution >= 4 is 108 Å². The first-order valence-electron chi connectivity index (χ1n) is 15.7. The van der Waals surface area contributed by atoms with E-state index in [-0.39, 0.29) is 0 Å². The number of anilines is 2. The van der Waals surface area contributed by atoms with E-state index < -0.39 is 91.7 Å². The average Bonchev–Trinajstić information content (AvgIpc) is 3.73. The topological polar surface area (TPSA) is 186 Å². The van der Waals surface area contributed by atoms with Crippen LogP contribution in [0.1, 0.15) is 11.1 Å². The number of aliphatic hydroxyl groups is 4. The van der Waals surface area contributed by atoms with Gasteiger partial charge in [-0.15, -0.1) is 0 Å². The Hall–Kier alpha value is -1.79. The van der Waals surface area contributed by atoms with Crippen molar-refractivity contribution in [2.45, 2.75) is 54.9 Å². The second-order valence-electron chi connectivity index (χ2n) is 13.6. The first kappa shape index (κ1) is 33.8. The van der Waals surface area contributed by atoms with Crippen LogP contribution >= 0.6 is 72.7 Å². The van der Waals surface area contributed by atoms with Gasteiger partial charge in [0.05, 0.1) is 24.0 Å². The third-order valence-corrected chi connectivity index (χ3v) is 24.6. The Morgan fingerprint density at radius 1 is 0.608 bits per heavy atom. The number of likely N-dealkylation sites (N-methyl/N-ethyl adjacent to an activating group) is 2. The van der Waals surface area contributed by atoms with E-state index in [1.165, 1.54) is 53.3 Å². The molecule has 268 valence electrons. The Labute approximate surface area is 317 Å². The number of aliphatic hydroxyl groups excluding tert-OH is 4. The van der Waals surface area contributed by atoms with Crippen LogP contribution in [0.3, 0.4) is 0 Å². The summed E-state index contributed by atoms with van der Waals surface area (Å²) >= 11 is 0. The fourth-order valence-electron chi connectivity index (χ4n) is 10.0. The third-order valence-electron chi connectivity index (χ3n) is 12.2. The zero-order chi connectivity index (χ0) is 35.7. The van der Waals surface area contributed by atoms with Gasteiger partial charge in [0.15, 0.2) is 0 Å². The maximum atomic E-state index is 15.1. The Morgan fingerprint density at radius 3 is 1.45 bits per heavy atom. The van der Waals surface area contributed by atoms with Crippen LogP contribution in [0.15, 0.2) is 48.5 Å². The van der Waals surface area contributed by atoms with E-state index in [4.69, 9.17) is 0 Å². The number of benzene rings is 2. The van der Waals surface area contributed by atoms with Gasteiger partial charge in [-0.1, -0.05) is 36.4 Å². The molecule has 10 aliphatic rings. The highest BCUT2D eigenvalue weighted by Crippen LogP contribution is 2.78. The van der Waals surface area contributed by atoms with Gasteiger partial charge in [0.1, 0.15) is 24.5 Å². The molecule has 21 heteroatoms. The van der Waals surface area contributed by atoms with Crippen LogP contribution < -0.4 is 10.6 Å². The molecule has 12 rings (SSSR count). The molecule has 10 aliphatic heterocycles. The maximum absolute atomic E-state index is 15.1. The number of para-hydroxylation sites is 2. The predicted molar refractivity (Wildman–Crippen MR) is 201 cm³/mol. The summed E-state index contributed by atoms with van der Waals surface area (Å²) in [5, 5.41) is 55.7. The second kappa shape index (κ2) is 10.5. The summed E-state index contributed by atoms with van der Waals surface area (Å²) < 4.78 is 0. The summed E-state index contributed by atoms with van der Waals surface area (Å²) in [6, 6.07) is 14.3. The Morgan fingerprint density at radius 2 is 1.00 bits per heavy atom. The molecule has 0 aromatic heterocycles. The number of nitrogens with one attached hydrogen (secondary N) is 2. The lowest BCUT2D eigenvalue weighted by atomic mass is 9.52. The molecule has 2 aromatic rings. The van der Waals surface area contributed by atoms with E-state index in [1.54, 1.807) is 48.5 Å². The van der Waals surface area contributed by atoms with Crippen LogP contribution in [0.4, 0.5) is 11.4 Å². The van der Waals surface area contributed by atoms with E-state index >= 15 is 9.59 Å². The first-order chi connectivity index (χ1) is 24.5. The molecule has 10 atom stereocenters.